The molecule has 2 amide bonds. The van der Waals surface area contributed by atoms with Gasteiger partial charge in [-0.05, 0) is 63.3 Å². The van der Waals surface area contributed by atoms with Gasteiger partial charge in [-0.1, -0.05) is 195 Å². The number of benzene rings is 1. The van der Waals surface area contributed by atoms with Gasteiger partial charge in [0.15, 0.2) is 0 Å². The van der Waals surface area contributed by atoms with Crippen molar-refractivity contribution in [2.45, 2.75) is 207 Å². The van der Waals surface area contributed by atoms with E-state index in [0.717, 1.165) is 39.3 Å². The van der Waals surface area contributed by atoms with E-state index in [0.29, 0.717) is 24.2 Å². The molecule has 0 bridgehead atoms. The van der Waals surface area contributed by atoms with Gasteiger partial charge in [0.25, 0.3) is 11.8 Å². The van der Waals surface area contributed by atoms with Crippen molar-refractivity contribution in [2.75, 3.05) is 66.5 Å². The van der Waals surface area contributed by atoms with Crippen molar-refractivity contribution in [3.63, 3.8) is 0 Å². The summed E-state index contributed by atoms with van der Waals surface area (Å²) in [5.74, 6) is 0.0407. The minimum Gasteiger partial charge on any atom is -0.340 e. The largest absolute Gasteiger partial charge is 0.340 e. The van der Waals surface area contributed by atoms with Crippen LogP contribution in [0, 0.1) is 0 Å². The zero-order valence-electron chi connectivity index (χ0n) is 38.4. The molecular formula is C50H94N4O2. The third kappa shape index (κ3) is 27.7. The molecule has 0 fully saturated rings. The van der Waals surface area contributed by atoms with Crippen molar-refractivity contribution in [3.05, 3.63) is 35.4 Å². The summed E-state index contributed by atoms with van der Waals surface area (Å²) in [6.07, 6.45) is 38.8. The first-order chi connectivity index (χ1) is 27.4. The van der Waals surface area contributed by atoms with Crippen molar-refractivity contribution in [1.82, 2.24) is 19.6 Å². The predicted molar refractivity (Wildman–Crippen MR) is 245 cm³/mol. The summed E-state index contributed by atoms with van der Waals surface area (Å²) in [4.78, 5) is 35.0. The maximum Gasteiger partial charge on any atom is 0.253 e. The first-order valence-electron chi connectivity index (χ1n) is 24.4. The van der Waals surface area contributed by atoms with E-state index in [2.05, 4.69) is 37.5 Å². The van der Waals surface area contributed by atoms with Gasteiger partial charge in [0, 0.05) is 51.4 Å². The fraction of sp³-hybridized carbons (Fsp3) is 0.840. The number of unbranched alkanes of at least 4 members (excludes halogenated alkanes) is 26. The average molecular weight is 783 g/mol. The molecule has 1 aromatic rings. The highest BCUT2D eigenvalue weighted by Crippen LogP contribution is 2.15. The lowest BCUT2D eigenvalue weighted by Gasteiger charge is -2.25. The monoisotopic (exact) mass is 783 g/mol. The van der Waals surface area contributed by atoms with Crippen LogP contribution >= 0.6 is 0 Å². The topological polar surface area (TPSA) is 47.1 Å². The Hall–Kier alpha value is -1.92. The van der Waals surface area contributed by atoms with Crippen molar-refractivity contribution in [1.29, 1.82) is 0 Å². The number of hydrogen-bond donors (Lipinski definition) is 0. The SMILES string of the molecule is CCCCCCCCCCCCCCCCN(CC)CCN(C)C(=O)c1ccc(C(=O)N(C)CCN(CC)CCCCCCCCCCCCCCCC)cc1. The maximum absolute atomic E-state index is 13.2. The molecule has 0 spiro atoms. The minimum absolute atomic E-state index is 0.0204. The Bertz CT molecular complexity index is 949. The van der Waals surface area contributed by atoms with Gasteiger partial charge in [0.1, 0.15) is 0 Å². The molecule has 0 radical (unpaired) electrons. The van der Waals surface area contributed by atoms with Crippen molar-refractivity contribution >= 4 is 11.8 Å². The summed E-state index contributed by atoms with van der Waals surface area (Å²) in [6, 6.07) is 7.28. The Balaban J connectivity index is 2.20. The third-order valence-electron chi connectivity index (χ3n) is 12.1. The van der Waals surface area contributed by atoms with Crippen LogP contribution < -0.4 is 0 Å². The third-order valence-corrected chi connectivity index (χ3v) is 12.1. The fourth-order valence-corrected chi connectivity index (χ4v) is 7.90. The molecule has 326 valence electrons. The molecule has 0 saturated heterocycles. The van der Waals surface area contributed by atoms with Gasteiger partial charge in [-0.25, -0.2) is 0 Å². The van der Waals surface area contributed by atoms with Crippen LogP contribution in [0.4, 0.5) is 0 Å². The second-order valence-corrected chi connectivity index (χ2v) is 17.1. The molecular weight excluding hydrogens is 689 g/mol. The molecule has 6 heteroatoms. The Kier molecular flexibility index (Phi) is 34.8. The van der Waals surface area contributed by atoms with E-state index in [9.17, 15) is 9.59 Å². The van der Waals surface area contributed by atoms with Crippen LogP contribution in [0.1, 0.15) is 228 Å². The number of nitrogens with zero attached hydrogens (tertiary/aromatic N) is 4. The molecule has 0 saturated carbocycles. The van der Waals surface area contributed by atoms with E-state index in [-0.39, 0.29) is 11.8 Å². The van der Waals surface area contributed by atoms with E-state index in [1.54, 1.807) is 0 Å². The number of likely N-dealkylation sites (N-methyl/N-ethyl adjacent to an activating group) is 4. The number of amides is 2. The molecule has 0 aliphatic carbocycles. The summed E-state index contributed by atoms with van der Waals surface area (Å²) < 4.78 is 0. The second-order valence-electron chi connectivity index (χ2n) is 17.1. The molecule has 0 aliphatic rings. The van der Waals surface area contributed by atoms with Gasteiger partial charge in [0.2, 0.25) is 0 Å². The molecule has 56 heavy (non-hydrogen) atoms. The standard InChI is InChI=1S/C50H94N4O2/c1-7-11-13-15-17-19-21-23-25-27-29-31-33-35-41-53(9-3)45-43-51(5)49(55)47-37-39-48(40-38-47)50(56)52(6)44-46-54(10-4)42-36-34-32-30-28-26-24-22-20-18-16-14-12-8-2/h37-40H,7-36,41-46H2,1-6H3. The van der Waals surface area contributed by atoms with Gasteiger partial charge in [-0.15, -0.1) is 0 Å². The highest BCUT2D eigenvalue weighted by atomic mass is 16.2. The van der Waals surface area contributed by atoms with Crippen LogP contribution in [-0.4, -0.2) is 97.9 Å². The number of carbonyl (C=O) groups is 2. The van der Waals surface area contributed by atoms with Crippen LogP contribution in [0.2, 0.25) is 0 Å². The number of carbonyl (C=O) groups excluding carboxylic acids is 2. The second kappa shape index (κ2) is 37.4. The number of hydrogen-bond acceptors (Lipinski definition) is 4. The van der Waals surface area contributed by atoms with Gasteiger partial charge in [-0.2, -0.15) is 0 Å². The summed E-state index contributed by atoms with van der Waals surface area (Å²) in [5.41, 5.74) is 1.29. The zero-order chi connectivity index (χ0) is 40.9. The van der Waals surface area contributed by atoms with Crippen LogP contribution in [0.25, 0.3) is 0 Å². The molecule has 0 N–H and O–H groups in total. The van der Waals surface area contributed by atoms with Crippen LogP contribution in [0.3, 0.4) is 0 Å². The highest BCUT2D eigenvalue weighted by Gasteiger charge is 2.16. The minimum atomic E-state index is 0.0204. The normalized spacial score (nSPS) is 11.6. The van der Waals surface area contributed by atoms with Crippen molar-refractivity contribution < 1.29 is 9.59 Å². The van der Waals surface area contributed by atoms with Gasteiger partial charge in [-0.3, -0.25) is 9.59 Å². The maximum atomic E-state index is 13.2. The first kappa shape index (κ1) is 52.1. The van der Waals surface area contributed by atoms with Crippen LogP contribution in [0.5, 0.6) is 0 Å². The lowest BCUT2D eigenvalue weighted by atomic mass is 10.0. The van der Waals surface area contributed by atoms with Crippen molar-refractivity contribution in [2.24, 2.45) is 0 Å². The summed E-state index contributed by atoms with van der Waals surface area (Å²) in [5, 5.41) is 0. The number of rotatable bonds is 40. The molecule has 0 heterocycles. The van der Waals surface area contributed by atoms with E-state index in [1.807, 2.05) is 48.2 Å². The molecule has 1 aromatic carbocycles. The summed E-state index contributed by atoms with van der Waals surface area (Å²) >= 11 is 0. The fourth-order valence-electron chi connectivity index (χ4n) is 7.90. The summed E-state index contributed by atoms with van der Waals surface area (Å²) in [6.45, 7) is 16.5. The van der Waals surface area contributed by atoms with Crippen LogP contribution in [0.15, 0.2) is 24.3 Å². The quantitative estimate of drug-likeness (QED) is 0.0622. The van der Waals surface area contributed by atoms with Gasteiger partial charge in [0.05, 0.1) is 0 Å². The Labute approximate surface area is 349 Å². The molecule has 1 rings (SSSR count). The molecule has 0 aliphatic heterocycles. The molecule has 0 unspecified atom stereocenters. The molecule has 0 atom stereocenters. The molecule has 0 aromatic heterocycles. The Morgan fingerprint density at radius 1 is 0.339 bits per heavy atom. The van der Waals surface area contributed by atoms with Gasteiger partial charge < -0.3 is 19.6 Å². The zero-order valence-corrected chi connectivity index (χ0v) is 38.4. The highest BCUT2D eigenvalue weighted by molar-refractivity contribution is 5.97. The van der Waals surface area contributed by atoms with E-state index in [1.165, 1.54) is 180 Å². The smallest absolute Gasteiger partial charge is 0.253 e. The first-order valence-corrected chi connectivity index (χ1v) is 24.4. The van der Waals surface area contributed by atoms with Crippen molar-refractivity contribution in [3.8, 4) is 0 Å². The van der Waals surface area contributed by atoms with Crippen LogP contribution in [-0.2, 0) is 0 Å². The van der Waals surface area contributed by atoms with E-state index >= 15 is 0 Å². The predicted octanol–water partition coefficient (Wildman–Crippen LogP) is 13.4. The van der Waals surface area contributed by atoms with E-state index in [4.69, 9.17) is 0 Å². The average Bonchev–Trinajstić information content (AvgIpc) is 3.22. The van der Waals surface area contributed by atoms with E-state index < -0.39 is 0 Å². The Morgan fingerprint density at radius 2 is 0.571 bits per heavy atom. The molecule has 6 nitrogen and oxygen atoms in total. The van der Waals surface area contributed by atoms with Gasteiger partial charge >= 0.3 is 0 Å². The lowest BCUT2D eigenvalue weighted by Crippen LogP contribution is -2.37. The summed E-state index contributed by atoms with van der Waals surface area (Å²) in [7, 11) is 3.79. The lowest BCUT2D eigenvalue weighted by molar-refractivity contribution is 0.0767. The Morgan fingerprint density at radius 3 is 0.804 bits per heavy atom.